The SMILES string of the molecule is CCCCN1OCC#Cc2cn(c(=O)[nH]c2=O)[C@@H]2CC(O)[C@H](COP(=O)(O)O[C@H]3C[C@@H]4O[C@H]3COP(=O)(O)O[C@H]3C[C@@H]5O[C@H]3COP(=O)(O)O[C@H]3C[C@@H]6O[C@H]3COCCCCCCCCCCCCCCCCCC(CC(CC(C[CH]C1=O)C(=O)N(Cc1ccccc1)OCC#Cc1cn4c(=O)nc1N)C(=O)N(CCN(C)C)OCC#Cc1cn5c3ncnc(N)c13)C(=O)N(CC(=O)O)OCC#Cc1cn6c3nc(N)[nH]c(=O)c13)O2. The number of anilines is 3. The molecule has 7 aromatic rings. The minimum atomic E-state index is -5.70. The summed E-state index contributed by atoms with van der Waals surface area (Å²) in [5.41, 5.74) is 15.4. The number of ether oxygens (including phenoxy) is 5. The third-order valence-electron chi connectivity index (χ3n) is 26.6. The minimum absolute atomic E-state index is 0.0141. The lowest BCUT2D eigenvalue weighted by molar-refractivity contribution is -0.196. The van der Waals surface area contributed by atoms with Crippen molar-refractivity contribution in [2.24, 2.45) is 17.8 Å². The summed E-state index contributed by atoms with van der Waals surface area (Å²) in [6, 6.07) is 8.46. The Kier molecular flexibility index (Phi) is 39.7. The molecule has 1 aromatic carbocycles. The zero-order chi connectivity index (χ0) is 106. The maximum Gasteiger partial charge on any atom is 0.472 e. The molecule has 0 spiro atoms. The number of phosphoric ester groups is 3. The number of aliphatic hydroxyl groups is 1. The van der Waals surface area contributed by atoms with Gasteiger partial charge in [0, 0.05) is 87.9 Å². The Morgan fingerprint density at radius 3 is 1.57 bits per heavy atom. The quantitative estimate of drug-likeness (QED) is 0.0525. The molecule has 4 fully saturated rings. The molecule has 18 atom stereocenters. The highest BCUT2D eigenvalue weighted by atomic mass is 31.2. The number of unbranched alkanes of at least 4 members (excludes halogenated alkanes) is 1. The molecular formula is C97H126N18O32P3. The Bertz CT molecular complexity index is 6620. The summed E-state index contributed by atoms with van der Waals surface area (Å²) in [6.07, 6.45) is -1.44. The van der Waals surface area contributed by atoms with Crippen LogP contribution in [0, 0.1) is 71.5 Å². The molecule has 0 aliphatic carbocycles. The Hall–Kier alpha value is -11.3. The number of nitrogens with two attached hydrogens (primary N) is 3. The molecule has 1 radical (unpaired) electrons. The fourth-order valence-corrected chi connectivity index (χ4v) is 21.9. The first-order valence-corrected chi connectivity index (χ1v) is 54.7. The number of H-pyrrole nitrogens is 2. The van der Waals surface area contributed by atoms with Crippen LogP contribution in [0.3, 0.4) is 0 Å². The van der Waals surface area contributed by atoms with E-state index in [2.05, 4.69) is 77.3 Å². The van der Waals surface area contributed by atoms with E-state index >= 15 is 28.3 Å². The fourth-order valence-electron chi connectivity index (χ4n) is 19.0. The lowest BCUT2D eigenvalue weighted by Crippen LogP contribution is -2.45. The predicted octanol–water partition coefficient (Wildman–Crippen LogP) is 6.37. The number of rotatable bonds is 10. The van der Waals surface area contributed by atoms with Gasteiger partial charge in [0.2, 0.25) is 29.6 Å². The average Bonchev–Trinajstić information content (AvgIpc) is 1.61. The van der Waals surface area contributed by atoms with Crippen LogP contribution < -0.4 is 39.7 Å². The van der Waals surface area contributed by atoms with Gasteiger partial charge in [-0.25, -0.2) is 53.5 Å². The number of carboxylic acids is 1. The number of aromatic amines is 2. The normalized spacial score (nSPS) is 29.1. The number of carboxylic acid groups (broad SMARTS) is 1. The maximum atomic E-state index is 16.9. The molecule has 13 N–H and O–H groups in total. The molecule has 150 heavy (non-hydrogen) atoms. The number of nitrogen functional groups attached to an aromatic ring is 3. The number of hydrogen-bond donors (Lipinski definition) is 10. The smallest absolute Gasteiger partial charge is 0.472 e. The highest BCUT2D eigenvalue weighted by Crippen LogP contribution is 2.55. The molecule has 4 saturated heterocycles. The Morgan fingerprint density at radius 1 is 0.493 bits per heavy atom. The monoisotopic (exact) mass is 2150 g/mol. The second-order valence-corrected chi connectivity index (χ2v) is 42.1. The third kappa shape index (κ3) is 30.4. The molecular weight excluding hydrogens is 2020 g/mol. The third-order valence-corrected chi connectivity index (χ3v) is 29.7. The van der Waals surface area contributed by atoms with Crippen LogP contribution in [0.5, 0.6) is 0 Å². The van der Waals surface area contributed by atoms with Gasteiger partial charge in [0.05, 0.1) is 79.5 Å². The van der Waals surface area contributed by atoms with Crippen molar-refractivity contribution in [1.29, 1.82) is 0 Å². The van der Waals surface area contributed by atoms with Gasteiger partial charge < -0.3 is 79.8 Å². The van der Waals surface area contributed by atoms with Gasteiger partial charge >= 0.3 is 40.8 Å². The number of likely N-dealkylation sites (N-methyl/N-ethyl adjacent to an activating group) is 1. The van der Waals surface area contributed by atoms with Crippen LogP contribution in [0.15, 0.2) is 80.6 Å². The van der Waals surface area contributed by atoms with Crippen LogP contribution in [0.2, 0.25) is 0 Å². The van der Waals surface area contributed by atoms with Gasteiger partial charge in [-0.1, -0.05) is 181 Å². The molecule has 14 heterocycles. The molecule has 811 valence electrons. The molecule has 8 aliphatic rings. The number of hydrogen-bond acceptors (Lipinski definition) is 36. The number of aliphatic carboxylic acids is 1. The Morgan fingerprint density at radius 2 is 0.980 bits per heavy atom. The van der Waals surface area contributed by atoms with Gasteiger partial charge in [-0.3, -0.25) is 99.2 Å². The lowest BCUT2D eigenvalue weighted by Gasteiger charge is -2.33. The largest absolute Gasteiger partial charge is 0.480 e. The minimum Gasteiger partial charge on any atom is -0.480 e. The lowest BCUT2D eigenvalue weighted by atomic mass is 9.81. The summed E-state index contributed by atoms with van der Waals surface area (Å²) in [5.74, 6) is 12.0. The summed E-state index contributed by atoms with van der Waals surface area (Å²) in [7, 11) is -13.3. The van der Waals surface area contributed by atoms with Crippen LogP contribution in [-0.2, 0) is 114 Å². The van der Waals surface area contributed by atoms with E-state index in [1.807, 2.05) is 6.92 Å². The van der Waals surface area contributed by atoms with Crippen LogP contribution in [0.4, 0.5) is 17.6 Å². The van der Waals surface area contributed by atoms with Crippen molar-refractivity contribution in [2.45, 2.75) is 248 Å². The summed E-state index contributed by atoms with van der Waals surface area (Å²) in [6.45, 7) is -5.78. The van der Waals surface area contributed by atoms with E-state index in [-0.39, 0.29) is 108 Å². The number of carbonyl (C=O) groups is 5. The molecule has 22 bridgehead atoms. The zero-order valence-electron chi connectivity index (χ0n) is 83.2. The first kappa shape index (κ1) is 113. The van der Waals surface area contributed by atoms with Crippen LogP contribution >= 0.6 is 23.5 Å². The van der Waals surface area contributed by atoms with E-state index < -0.39 is 264 Å². The maximum absolute atomic E-state index is 16.9. The first-order valence-electron chi connectivity index (χ1n) is 50.2. The number of aromatic nitrogens is 10. The highest BCUT2D eigenvalue weighted by molar-refractivity contribution is 7.48. The topological polar surface area (TPSA) is 642 Å². The number of hydroxylamine groups is 8. The molecule has 7 unspecified atom stereocenters. The number of benzene rings is 1. The second-order valence-electron chi connectivity index (χ2n) is 37.8. The van der Waals surface area contributed by atoms with Gasteiger partial charge in [-0.05, 0) is 58.2 Å². The van der Waals surface area contributed by atoms with Gasteiger partial charge in [-0.15, -0.1) is 0 Å². The standard InChI is InChI=1S/C97H126N18O32P3/c1-4-5-37-112-78(117)36-35-64-46-69-45-63-30-22-17-15-13-11-9-7-6-8-10-12-14-16-18-23-40-133-57-75-71(48-81(142-75)109-53-66(85-89(109)104-95(100)105-91(85)121)32-25-43-137-115(92(63)122)56-83(118)119)145-149(129,130)139-59-76-72(49-80(143-76)108-52-65(84-87(99)101-61-102-88(84)108)31-24-42-135-113(94(69)124)39-38-107(2)3)146-150(131,132)140-60-77-73(147-148(127,128)138-58-74-70(116)47-79(141-74)111-55-68(34-27-41-134-112)90(120)106-97(111)126)50-82(144-77)110-54-67(86(98)103-96(110)125)33-26-44-136-114(93(64)123)51-62-28-20-19-21-29-62/h19-21,28-29,36,52-55,61,63-64,69-77,79-82,116H,4-18,22-23,30,35,37-51,56-60H2,1-3H3,(H,118,119)(H,127,128)(H,129,130)(H,131,132)(H2,98,103,125)(H2,99,101,102)(H,106,120,126)(H3,100,104,105,121)/t63?,64?,69?,70?,71-,72-,73-,74-,75-,76-,77-,79-,80-,81-,82-/m0/s1. The van der Waals surface area contributed by atoms with E-state index in [0.717, 1.165) is 120 Å². The molecule has 8 aliphatic heterocycles. The van der Waals surface area contributed by atoms with Crippen LogP contribution in [0.25, 0.3) is 22.1 Å². The summed E-state index contributed by atoms with van der Waals surface area (Å²) in [5, 5.41) is 25.9. The second kappa shape index (κ2) is 52.8. The number of amides is 4. The Labute approximate surface area is 861 Å². The fraction of sp³-hybridized carbons (Fsp3) is 0.588. The van der Waals surface area contributed by atoms with Crippen molar-refractivity contribution in [3.8, 4) is 47.4 Å². The van der Waals surface area contributed by atoms with Gasteiger partial charge in [0.1, 0.15) is 130 Å². The summed E-state index contributed by atoms with van der Waals surface area (Å²) < 4.78 is 116. The van der Waals surface area contributed by atoms with Crippen molar-refractivity contribution in [3.05, 3.63) is 137 Å². The summed E-state index contributed by atoms with van der Waals surface area (Å²) >= 11 is 0. The molecule has 0 saturated carbocycles. The van der Waals surface area contributed by atoms with Crippen molar-refractivity contribution in [1.82, 2.24) is 73.3 Å². The predicted molar refractivity (Wildman–Crippen MR) is 531 cm³/mol. The van der Waals surface area contributed by atoms with E-state index in [1.165, 1.54) is 21.5 Å². The average molecular weight is 2150 g/mol. The van der Waals surface area contributed by atoms with Crippen molar-refractivity contribution < 1.29 is 133 Å². The number of aliphatic hydroxyl groups excluding tert-OH is 1. The molecule has 4 amide bonds. The number of nitrogens with one attached hydrogen (secondary N) is 2. The molecule has 53 heteroatoms. The number of carbonyl (C=O) groups excluding carboxylic acids is 4. The van der Waals surface area contributed by atoms with Gasteiger partial charge in [-0.2, -0.15) is 9.97 Å². The van der Waals surface area contributed by atoms with Crippen LogP contribution in [-0.4, -0.2) is 276 Å². The first-order chi connectivity index (χ1) is 72.1. The Balaban J connectivity index is 0.922. The molecule has 15 rings (SSSR count). The van der Waals surface area contributed by atoms with Crippen molar-refractivity contribution in [3.63, 3.8) is 0 Å². The number of nitrogens with zero attached hydrogens (tertiary/aromatic N) is 13. The highest BCUT2D eigenvalue weighted by Gasteiger charge is 2.50. The number of phosphoric acid groups is 3. The van der Waals surface area contributed by atoms with E-state index in [0.29, 0.717) is 49.2 Å². The molecule has 6 aromatic heterocycles. The summed E-state index contributed by atoms with van der Waals surface area (Å²) in [4.78, 5) is 220. The van der Waals surface area contributed by atoms with E-state index in [4.69, 9.17) is 87.4 Å². The van der Waals surface area contributed by atoms with Gasteiger partial charge in [0.25, 0.3) is 11.1 Å². The van der Waals surface area contributed by atoms with Crippen molar-refractivity contribution in [2.75, 3.05) is 117 Å². The van der Waals surface area contributed by atoms with E-state index in [1.54, 1.807) is 49.3 Å². The molecule has 50 nitrogen and oxygen atoms in total. The van der Waals surface area contributed by atoms with Crippen molar-refractivity contribution >= 4 is 92.7 Å². The van der Waals surface area contributed by atoms with Gasteiger partial charge in [0.15, 0.2) is 5.65 Å². The van der Waals surface area contributed by atoms with E-state index in [9.17, 15) is 53.4 Å². The number of fused-ring (bicyclic) bond motifs is 31. The van der Waals surface area contributed by atoms with Crippen LogP contribution in [0.1, 0.15) is 220 Å². The zero-order valence-corrected chi connectivity index (χ0v) is 85.9.